The van der Waals surface area contributed by atoms with Gasteiger partial charge in [-0.3, -0.25) is 4.79 Å². The second kappa shape index (κ2) is 4.78. The molecule has 1 heteroatoms. The summed E-state index contributed by atoms with van der Waals surface area (Å²) in [7, 11) is 0. The van der Waals surface area contributed by atoms with Crippen molar-refractivity contribution in [2.24, 2.45) is 17.8 Å². The average Bonchev–Trinajstić information content (AvgIpc) is 2.02. The van der Waals surface area contributed by atoms with Gasteiger partial charge in [0.1, 0.15) is 5.78 Å². The predicted molar refractivity (Wildman–Crippen MR) is 55.6 cm³/mol. The second-order valence-electron chi connectivity index (χ2n) is 4.88. The molecule has 0 amide bonds. The van der Waals surface area contributed by atoms with E-state index in [1.165, 1.54) is 19.3 Å². The number of hydrogen-bond acceptors (Lipinski definition) is 1. The fourth-order valence-electron chi connectivity index (χ4n) is 2.75. The molecule has 1 saturated carbocycles. The zero-order valence-electron chi connectivity index (χ0n) is 9.18. The quantitative estimate of drug-likeness (QED) is 0.653. The van der Waals surface area contributed by atoms with E-state index in [4.69, 9.17) is 0 Å². The minimum absolute atomic E-state index is 0.450. The summed E-state index contributed by atoms with van der Waals surface area (Å²) >= 11 is 0. The van der Waals surface area contributed by atoms with Gasteiger partial charge in [-0.15, -0.1) is 0 Å². The largest absolute Gasteiger partial charge is 0.300 e. The van der Waals surface area contributed by atoms with Gasteiger partial charge in [0.2, 0.25) is 0 Å². The highest BCUT2D eigenvalue weighted by atomic mass is 16.1. The van der Waals surface area contributed by atoms with Gasteiger partial charge >= 0.3 is 0 Å². The van der Waals surface area contributed by atoms with Crippen molar-refractivity contribution < 1.29 is 4.79 Å². The zero-order valence-corrected chi connectivity index (χ0v) is 9.18. The van der Waals surface area contributed by atoms with Crippen LogP contribution in [0.1, 0.15) is 52.9 Å². The molecular formula is C12H22O. The molecule has 0 bridgehead atoms. The van der Waals surface area contributed by atoms with Gasteiger partial charge in [-0.25, -0.2) is 0 Å². The number of Topliss-reactive ketones (excluding diaryl/α,β-unsaturated/α-hetero) is 1. The third-order valence-corrected chi connectivity index (χ3v) is 3.19. The lowest BCUT2D eigenvalue weighted by Crippen LogP contribution is -2.21. The highest BCUT2D eigenvalue weighted by Gasteiger charge is 2.24. The van der Waals surface area contributed by atoms with Gasteiger partial charge in [-0.1, -0.05) is 20.8 Å². The van der Waals surface area contributed by atoms with E-state index in [1.807, 2.05) is 6.92 Å². The van der Waals surface area contributed by atoms with E-state index in [1.54, 1.807) is 0 Å². The van der Waals surface area contributed by atoms with Gasteiger partial charge < -0.3 is 0 Å². The van der Waals surface area contributed by atoms with Crippen molar-refractivity contribution in [3.05, 3.63) is 0 Å². The Labute approximate surface area is 81.9 Å². The van der Waals surface area contributed by atoms with E-state index in [2.05, 4.69) is 13.8 Å². The molecule has 76 valence electrons. The SMILES string of the molecule is CCC(=O)CC1CC(C)C[C@H](C)C1. The number of ketones is 1. The molecule has 3 atom stereocenters. The fraction of sp³-hybridized carbons (Fsp3) is 0.917. The highest BCUT2D eigenvalue weighted by molar-refractivity contribution is 5.78. The molecule has 0 radical (unpaired) electrons. The number of carbonyl (C=O) groups is 1. The maximum Gasteiger partial charge on any atom is 0.132 e. The molecule has 1 aliphatic carbocycles. The average molecular weight is 182 g/mol. The van der Waals surface area contributed by atoms with Gasteiger partial charge in [0.05, 0.1) is 0 Å². The van der Waals surface area contributed by atoms with Crippen LogP contribution in [-0.4, -0.2) is 5.78 Å². The van der Waals surface area contributed by atoms with Crippen LogP contribution in [0.4, 0.5) is 0 Å². The van der Waals surface area contributed by atoms with E-state index in [-0.39, 0.29) is 0 Å². The van der Waals surface area contributed by atoms with Crippen molar-refractivity contribution in [1.29, 1.82) is 0 Å². The lowest BCUT2D eigenvalue weighted by Gasteiger charge is -2.30. The highest BCUT2D eigenvalue weighted by Crippen LogP contribution is 2.34. The normalized spacial score (nSPS) is 34.5. The number of rotatable bonds is 3. The molecule has 0 aromatic heterocycles. The maximum absolute atomic E-state index is 11.3. The summed E-state index contributed by atoms with van der Waals surface area (Å²) in [5.74, 6) is 2.80. The Morgan fingerprint density at radius 3 is 2.15 bits per heavy atom. The van der Waals surface area contributed by atoms with Crippen LogP contribution in [0.15, 0.2) is 0 Å². The zero-order chi connectivity index (χ0) is 9.84. The van der Waals surface area contributed by atoms with Crippen LogP contribution in [0.2, 0.25) is 0 Å². The molecule has 2 unspecified atom stereocenters. The van der Waals surface area contributed by atoms with E-state index >= 15 is 0 Å². The Balaban J connectivity index is 2.37. The molecule has 1 rings (SSSR count). The van der Waals surface area contributed by atoms with Crippen LogP contribution in [0.25, 0.3) is 0 Å². The molecule has 0 aromatic rings. The first-order chi connectivity index (χ1) is 6.11. The molecule has 0 spiro atoms. The van der Waals surface area contributed by atoms with Crippen molar-refractivity contribution in [3.8, 4) is 0 Å². The Morgan fingerprint density at radius 1 is 1.15 bits per heavy atom. The Hall–Kier alpha value is -0.330. The van der Waals surface area contributed by atoms with Crippen LogP contribution >= 0.6 is 0 Å². The lowest BCUT2D eigenvalue weighted by atomic mass is 9.75. The first-order valence-electron chi connectivity index (χ1n) is 5.63. The third kappa shape index (κ3) is 3.50. The third-order valence-electron chi connectivity index (χ3n) is 3.19. The van der Waals surface area contributed by atoms with Gasteiger partial charge in [0.15, 0.2) is 0 Å². The Bertz CT molecular complexity index is 164. The van der Waals surface area contributed by atoms with Gasteiger partial charge in [-0.2, -0.15) is 0 Å². The van der Waals surface area contributed by atoms with Crippen molar-refractivity contribution in [2.45, 2.75) is 52.9 Å². The van der Waals surface area contributed by atoms with E-state index in [0.717, 1.165) is 24.7 Å². The molecule has 0 saturated heterocycles. The monoisotopic (exact) mass is 182 g/mol. The van der Waals surface area contributed by atoms with E-state index in [9.17, 15) is 4.79 Å². The molecule has 0 aromatic carbocycles. The second-order valence-corrected chi connectivity index (χ2v) is 4.88. The topological polar surface area (TPSA) is 17.1 Å². The van der Waals surface area contributed by atoms with Crippen molar-refractivity contribution in [3.63, 3.8) is 0 Å². The molecule has 13 heavy (non-hydrogen) atoms. The van der Waals surface area contributed by atoms with Crippen molar-refractivity contribution >= 4 is 5.78 Å². The minimum atomic E-state index is 0.450. The standard InChI is InChI=1S/C12H22O/c1-4-12(13)8-11-6-9(2)5-10(3)7-11/h9-11H,4-8H2,1-3H3/t9-,10?,11?/m0/s1. The smallest absolute Gasteiger partial charge is 0.132 e. The summed E-state index contributed by atoms with van der Waals surface area (Å²) < 4.78 is 0. The Morgan fingerprint density at radius 2 is 1.69 bits per heavy atom. The van der Waals surface area contributed by atoms with Crippen LogP contribution in [-0.2, 0) is 4.79 Å². The van der Waals surface area contributed by atoms with Gasteiger partial charge in [0, 0.05) is 12.8 Å². The van der Waals surface area contributed by atoms with Crippen LogP contribution < -0.4 is 0 Å². The lowest BCUT2D eigenvalue weighted by molar-refractivity contribution is -0.120. The summed E-state index contributed by atoms with van der Waals surface area (Å²) in [5, 5.41) is 0. The Kier molecular flexibility index (Phi) is 3.95. The van der Waals surface area contributed by atoms with Crippen LogP contribution in [0.3, 0.4) is 0 Å². The summed E-state index contributed by atoms with van der Waals surface area (Å²) in [6.07, 6.45) is 5.47. The van der Waals surface area contributed by atoms with Crippen LogP contribution in [0, 0.1) is 17.8 Å². The van der Waals surface area contributed by atoms with Gasteiger partial charge in [-0.05, 0) is 37.0 Å². The van der Waals surface area contributed by atoms with Crippen molar-refractivity contribution in [1.82, 2.24) is 0 Å². The molecule has 0 aliphatic heterocycles. The fourth-order valence-corrected chi connectivity index (χ4v) is 2.75. The molecule has 1 aliphatic rings. The maximum atomic E-state index is 11.3. The predicted octanol–water partition coefficient (Wildman–Crippen LogP) is 3.43. The number of hydrogen-bond donors (Lipinski definition) is 0. The molecule has 0 N–H and O–H groups in total. The van der Waals surface area contributed by atoms with E-state index in [0.29, 0.717) is 11.7 Å². The first-order valence-corrected chi connectivity index (χ1v) is 5.63. The summed E-state index contributed by atoms with van der Waals surface area (Å²) in [6, 6.07) is 0. The minimum Gasteiger partial charge on any atom is -0.300 e. The molecule has 1 nitrogen and oxygen atoms in total. The molecule has 1 fully saturated rings. The summed E-state index contributed by atoms with van der Waals surface area (Å²) in [5.41, 5.74) is 0. The molecular weight excluding hydrogens is 160 g/mol. The number of carbonyl (C=O) groups excluding carboxylic acids is 1. The molecule has 0 heterocycles. The van der Waals surface area contributed by atoms with Crippen LogP contribution in [0.5, 0.6) is 0 Å². The summed E-state index contributed by atoms with van der Waals surface area (Å²) in [6.45, 7) is 6.61. The van der Waals surface area contributed by atoms with E-state index < -0.39 is 0 Å². The first kappa shape index (κ1) is 10.7. The van der Waals surface area contributed by atoms with Crippen molar-refractivity contribution in [2.75, 3.05) is 0 Å². The summed E-state index contributed by atoms with van der Waals surface area (Å²) in [4.78, 5) is 11.3. The van der Waals surface area contributed by atoms with Gasteiger partial charge in [0.25, 0.3) is 0 Å².